The molecule has 3 rings (SSSR count). The first-order chi connectivity index (χ1) is 14.0. The number of aliphatic imine (C=N–C) groups is 1. The number of allylic oxidation sites excluding steroid dienone is 3. The Hall–Kier alpha value is -3.18. The molecule has 0 bridgehead atoms. The zero-order valence-corrected chi connectivity index (χ0v) is 17.3. The molecule has 0 aliphatic rings. The molecule has 29 heavy (non-hydrogen) atoms. The Balaban J connectivity index is 1.70. The molecule has 5 heteroatoms. The Morgan fingerprint density at radius 3 is 2.69 bits per heavy atom. The van der Waals surface area contributed by atoms with Gasteiger partial charge in [-0.25, -0.2) is 4.39 Å². The smallest absolute Gasteiger partial charge is 0.168 e. The third kappa shape index (κ3) is 5.21. The van der Waals surface area contributed by atoms with Crippen molar-refractivity contribution in [3.63, 3.8) is 0 Å². The lowest BCUT2D eigenvalue weighted by Gasteiger charge is -2.21. The van der Waals surface area contributed by atoms with Crippen LogP contribution in [-0.2, 0) is 0 Å². The molecule has 0 fully saturated rings. The predicted molar refractivity (Wildman–Crippen MR) is 122 cm³/mol. The van der Waals surface area contributed by atoms with Gasteiger partial charge in [-0.3, -0.25) is 9.98 Å². The minimum absolute atomic E-state index is 0.282. The van der Waals surface area contributed by atoms with Crippen LogP contribution in [0.1, 0.15) is 5.56 Å². The lowest BCUT2D eigenvalue weighted by atomic mass is 10.1. The van der Waals surface area contributed by atoms with Crippen molar-refractivity contribution < 1.29 is 4.39 Å². The molecular weight excluding hydrogens is 381 g/mol. The molecule has 0 unspecified atom stereocenters. The molecule has 0 atom stereocenters. The number of likely N-dealkylation sites (N-methyl/N-ethyl adjacent to an activating group) is 1. The number of amidine groups is 1. The lowest BCUT2D eigenvalue weighted by Crippen LogP contribution is -2.22. The number of rotatable bonds is 5. The third-order valence-corrected chi connectivity index (χ3v) is 5.49. The van der Waals surface area contributed by atoms with Crippen molar-refractivity contribution in [1.29, 1.82) is 0 Å². The van der Waals surface area contributed by atoms with Crippen LogP contribution < -0.4 is 0 Å². The minimum Gasteiger partial charge on any atom is -0.325 e. The topological polar surface area (TPSA) is 28.5 Å². The van der Waals surface area contributed by atoms with E-state index in [1.54, 1.807) is 31.1 Å². The Labute approximate surface area is 175 Å². The summed E-state index contributed by atoms with van der Waals surface area (Å²) in [4.78, 5) is 11.7. The Morgan fingerprint density at radius 1 is 1.10 bits per heavy atom. The average Bonchev–Trinajstić information content (AvgIpc) is 2.74. The van der Waals surface area contributed by atoms with Crippen LogP contribution in [0.2, 0.25) is 0 Å². The van der Waals surface area contributed by atoms with Gasteiger partial charge in [-0.15, -0.1) is 0 Å². The van der Waals surface area contributed by atoms with Crippen LogP contribution in [0.15, 0.2) is 102 Å². The van der Waals surface area contributed by atoms with Gasteiger partial charge in [0.05, 0.1) is 5.52 Å². The van der Waals surface area contributed by atoms with Crippen LogP contribution in [0.25, 0.3) is 16.5 Å². The standard InChI is InChI=1S/C24H22FN3S/c1-17(19-7-5-9-21(25)15-19)10-11-18(2)28(4)24(26-3)29-22-12-13-23-20(16-22)8-6-14-27-23/h5-16H,1-2H2,3-4H3/b11-10-,26-24?. The number of pyridine rings is 1. The number of hydrogen-bond acceptors (Lipinski definition) is 3. The van der Waals surface area contributed by atoms with Gasteiger partial charge in [0.25, 0.3) is 0 Å². The van der Waals surface area contributed by atoms with E-state index in [0.717, 1.165) is 32.2 Å². The first kappa shape index (κ1) is 20.6. The van der Waals surface area contributed by atoms with Gasteiger partial charge in [0.1, 0.15) is 5.82 Å². The van der Waals surface area contributed by atoms with Crippen molar-refractivity contribution in [2.24, 2.45) is 4.99 Å². The molecule has 0 saturated heterocycles. The van der Waals surface area contributed by atoms with Gasteiger partial charge < -0.3 is 4.90 Å². The van der Waals surface area contributed by atoms with E-state index >= 15 is 0 Å². The minimum atomic E-state index is -0.282. The number of fused-ring (bicyclic) bond motifs is 1. The summed E-state index contributed by atoms with van der Waals surface area (Å²) in [6.07, 6.45) is 5.46. The van der Waals surface area contributed by atoms with E-state index in [1.165, 1.54) is 12.1 Å². The summed E-state index contributed by atoms with van der Waals surface area (Å²) < 4.78 is 13.4. The highest BCUT2D eigenvalue weighted by Gasteiger charge is 2.10. The molecule has 0 saturated carbocycles. The van der Waals surface area contributed by atoms with E-state index < -0.39 is 0 Å². The summed E-state index contributed by atoms with van der Waals surface area (Å²) in [5.74, 6) is -0.282. The van der Waals surface area contributed by atoms with Crippen molar-refractivity contribution >= 4 is 33.4 Å². The Bertz CT molecular complexity index is 1120. The van der Waals surface area contributed by atoms with Crippen LogP contribution in [0.3, 0.4) is 0 Å². The van der Waals surface area contributed by atoms with E-state index in [-0.39, 0.29) is 5.82 Å². The second-order valence-electron chi connectivity index (χ2n) is 6.39. The highest BCUT2D eigenvalue weighted by Crippen LogP contribution is 2.26. The van der Waals surface area contributed by atoms with Gasteiger partial charge in [0, 0.05) is 36.3 Å². The largest absolute Gasteiger partial charge is 0.325 e. The van der Waals surface area contributed by atoms with E-state index in [0.29, 0.717) is 5.57 Å². The summed E-state index contributed by atoms with van der Waals surface area (Å²) in [5, 5.41) is 1.89. The number of hydrogen-bond donors (Lipinski definition) is 0. The summed E-state index contributed by atoms with van der Waals surface area (Å²) in [5.41, 5.74) is 3.16. The van der Waals surface area contributed by atoms with Gasteiger partial charge in [0.2, 0.25) is 0 Å². The number of nitrogens with zero attached hydrogens (tertiary/aromatic N) is 3. The second kappa shape index (κ2) is 9.34. The number of benzene rings is 2. The molecule has 3 aromatic rings. The van der Waals surface area contributed by atoms with Crippen LogP contribution in [0, 0.1) is 5.82 Å². The molecule has 3 nitrogen and oxygen atoms in total. The number of thioether (sulfide) groups is 1. The van der Waals surface area contributed by atoms with Gasteiger partial charge in [0.15, 0.2) is 5.17 Å². The molecule has 2 aromatic carbocycles. The predicted octanol–water partition coefficient (Wildman–Crippen LogP) is 6.17. The first-order valence-corrected chi connectivity index (χ1v) is 9.84. The number of aromatic nitrogens is 1. The molecule has 0 spiro atoms. The Kier molecular flexibility index (Phi) is 6.62. The average molecular weight is 404 g/mol. The van der Waals surface area contributed by atoms with Gasteiger partial charge >= 0.3 is 0 Å². The third-order valence-electron chi connectivity index (χ3n) is 4.36. The van der Waals surface area contributed by atoms with Crippen molar-refractivity contribution in [2.45, 2.75) is 4.90 Å². The van der Waals surface area contributed by atoms with E-state index in [1.807, 2.05) is 54.4 Å². The highest BCUT2D eigenvalue weighted by molar-refractivity contribution is 8.13. The van der Waals surface area contributed by atoms with E-state index in [2.05, 4.69) is 29.2 Å². The van der Waals surface area contributed by atoms with Crippen LogP contribution in [-0.4, -0.2) is 29.1 Å². The van der Waals surface area contributed by atoms with Gasteiger partial charge in [-0.1, -0.05) is 49.2 Å². The maximum absolute atomic E-state index is 13.4. The normalized spacial score (nSPS) is 11.8. The SMILES string of the molecule is C=C(/C=C\C(=C)N(C)C(=NC)Sc1ccc2ncccc2c1)c1cccc(F)c1. The number of halogens is 1. The van der Waals surface area contributed by atoms with E-state index in [9.17, 15) is 4.39 Å². The second-order valence-corrected chi connectivity index (χ2v) is 7.43. The van der Waals surface area contributed by atoms with Crippen molar-refractivity contribution in [1.82, 2.24) is 9.88 Å². The fourth-order valence-corrected chi connectivity index (χ4v) is 3.58. The molecule has 0 radical (unpaired) electrons. The van der Waals surface area contributed by atoms with Crippen molar-refractivity contribution in [3.8, 4) is 0 Å². The molecule has 0 aliphatic carbocycles. The molecule has 0 amide bonds. The summed E-state index contributed by atoms with van der Waals surface area (Å²) >= 11 is 1.55. The highest BCUT2D eigenvalue weighted by atomic mass is 32.2. The fourth-order valence-electron chi connectivity index (χ4n) is 2.70. The fraction of sp³-hybridized carbons (Fsp3) is 0.0833. The maximum atomic E-state index is 13.4. The molecule has 1 heterocycles. The van der Waals surface area contributed by atoms with Crippen LogP contribution in [0.4, 0.5) is 4.39 Å². The monoisotopic (exact) mass is 403 g/mol. The van der Waals surface area contributed by atoms with Gasteiger partial charge in [-0.05, 0) is 53.6 Å². The van der Waals surface area contributed by atoms with Crippen LogP contribution in [0.5, 0.6) is 0 Å². The van der Waals surface area contributed by atoms with Crippen molar-refractivity contribution in [3.05, 3.63) is 103 Å². The lowest BCUT2D eigenvalue weighted by molar-refractivity contribution is 0.627. The maximum Gasteiger partial charge on any atom is 0.168 e. The summed E-state index contributed by atoms with van der Waals surface area (Å²) in [6, 6.07) is 16.5. The summed E-state index contributed by atoms with van der Waals surface area (Å²) in [7, 11) is 3.67. The molecular formula is C24H22FN3S. The Morgan fingerprint density at radius 2 is 1.93 bits per heavy atom. The van der Waals surface area contributed by atoms with E-state index in [4.69, 9.17) is 0 Å². The summed E-state index contributed by atoms with van der Waals surface area (Å²) in [6.45, 7) is 8.12. The zero-order chi connectivity index (χ0) is 20.8. The molecule has 1 aromatic heterocycles. The molecule has 146 valence electrons. The van der Waals surface area contributed by atoms with Crippen LogP contribution >= 0.6 is 11.8 Å². The first-order valence-electron chi connectivity index (χ1n) is 9.03. The van der Waals surface area contributed by atoms with Crippen molar-refractivity contribution in [2.75, 3.05) is 14.1 Å². The van der Waals surface area contributed by atoms with Gasteiger partial charge in [-0.2, -0.15) is 0 Å². The molecule has 0 N–H and O–H groups in total. The quantitative estimate of drug-likeness (QED) is 0.221. The molecule has 0 aliphatic heterocycles. The zero-order valence-electron chi connectivity index (χ0n) is 16.5.